The highest BCUT2D eigenvalue weighted by atomic mass is 16.5. The number of para-hydroxylation sites is 1. The first-order valence-corrected chi connectivity index (χ1v) is 9.17. The Balaban J connectivity index is 1.56. The zero-order valence-electron chi connectivity index (χ0n) is 16.1. The third-order valence-electron chi connectivity index (χ3n) is 4.09. The third-order valence-corrected chi connectivity index (χ3v) is 4.09. The topological polar surface area (TPSA) is 76.7 Å². The SMILES string of the molecule is COCCNC(=O)c1ccc(C(=O)Nc2ccc(Oc3ccccc3)cc2)cc1. The maximum absolute atomic E-state index is 12.4. The summed E-state index contributed by atoms with van der Waals surface area (Å²) in [6.45, 7) is 0.878. The molecule has 0 bridgehead atoms. The lowest BCUT2D eigenvalue weighted by molar-refractivity contribution is 0.0935. The molecule has 0 saturated heterocycles. The smallest absolute Gasteiger partial charge is 0.255 e. The summed E-state index contributed by atoms with van der Waals surface area (Å²) in [5, 5.41) is 5.56. The largest absolute Gasteiger partial charge is 0.457 e. The molecule has 0 saturated carbocycles. The van der Waals surface area contributed by atoms with Crippen molar-refractivity contribution >= 4 is 17.5 Å². The Hall–Kier alpha value is -3.64. The van der Waals surface area contributed by atoms with E-state index in [-0.39, 0.29) is 11.8 Å². The van der Waals surface area contributed by atoms with Crippen LogP contribution in [0.1, 0.15) is 20.7 Å². The summed E-state index contributed by atoms with van der Waals surface area (Å²) in [5.74, 6) is 0.963. The predicted molar refractivity (Wildman–Crippen MR) is 112 cm³/mol. The minimum atomic E-state index is -0.256. The van der Waals surface area contributed by atoms with E-state index in [9.17, 15) is 9.59 Å². The fraction of sp³-hybridized carbons (Fsp3) is 0.130. The van der Waals surface area contributed by atoms with Crippen molar-refractivity contribution in [2.24, 2.45) is 0 Å². The zero-order valence-corrected chi connectivity index (χ0v) is 16.1. The molecule has 3 aromatic rings. The van der Waals surface area contributed by atoms with Gasteiger partial charge in [0.15, 0.2) is 0 Å². The van der Waals surface area contributed by atoms with E-state index in [2.05, 4.69) is 10.6 Å². The molecule has 29 heavy (non-hydrogen) atoms. The lowest BCUT2D eigenvalue weighted by atomic mass is 10.1. The number of amides is 2. The summed E-state index contributed by atoms with van der Waals surface area (Å²) in [6, 6.07) is 23.1. The summed E-state index contributed by atoms with van der Waals surface area (Å²) < 4.78 is 10.6. The molecule has 3 rings (SSSR count). The van der Waals surface area contributed by atoms with Crippen LogP contribution in [0.4, 0.5) is 5.69 Å². The zero-order chi connectivity index (χ0) is 20.5. The van der Waals surface area contributed by atoms with Gasteiger partial charge < -0.3 is 20.1 Å². The molecular formula is C23H22N2O4. The van der Waals surface area contributed by atoms with Crippen LogP contribution in [0.5, 0.6) is 11.5 Å². The number of methoxy groups -OCH3 is 1. The summed E-state index contributed by atoms with van der Waals surface area (Å²) in [5.41, 5.74) is 1.60. The second-order valence-electron chi connectivity index (χ2n) is 6.22. The molecular weight excluding hydrogens is 368 g/mol. The summed E-state index contributed by atoms with van der Waals surface area (Å²) in [6.07, 6.45) is 0. The van der Waals surface area contributed by atoms with Crippen LogP contribution in [0.2, 0.25) is 0 Å². The number of carbonyl (C=O) groups is 2. The fourth-order valence-corrected chi connectivity index (χ4v) is 2.58. The average Bonchev–Trinajstić information content (AvgIpc) is 2.76. The Bertz CT molecular complexity index is 939. The van der Waals surface area contributed by atoms with Gasteiger partial charge in [-0.3, -0.25) is 9.59 Å². The molecule has 0 fully saturated rings. The third kappa shape index (κ3) is 5.92. The second kappa shape index (κ2) is 10.1. The number of benzene rings is 3. The first-order chi connectivity index (χ1) is 14.2. The van der Waals surface area contributed by atoms with Gasteiger partial charge in [0.1, 0.15) is 11.5 Å². The Morgan fingerprint density at radius 3 is 1.97 bits per heavy atom. The maximum atomic E-state index is 12.4. The van der Waals surface area contributed by atoms with Gasteiger partial charge >= 0.3 is 0 Å². The number of rotatable bonds is 8. The van der Waals surface area contributed by atoms with E-state index in [4.69, 9.17) is 9.47 Å². The maximum Gasteiger partial charge on any atom is 0.255 e. The summed E-state index contributed by atoms with van der Waals surface area (Å²) in [4.78, 5) is 24.4. The van der Waals surface area contributed by atoms with Crippen molar-refractivity contribution in [2.75, 3.05) is 25.6 Å². The van der Waals surface area contributed by atoms with E-state index < -0.39 is 0 Å². The normalized spacial score (nSPS) is 10.2. The van der Waals surface area contributed by atoms with Gasteiger partial charge in [-0.2, -0.15) is 0 Å². The van der Waals surface area contributed by atoms with Crippen LogP contribution < -0.4 is 15.4 Å². The van der Waals surface area contributed by atoms with Crippen LogP contribution in [0, 0.1) is 0 Å². The van der Waals surface area contributed by atoms with E-state index in [1.54, 1.807) is 55.6 Å². The first-order valence-electron chi connectivity index (χ1n) is 9.17. The predicted octanol–water partition coefficient (Wildman–Crippen LogP) is 4.11. The van der Waals surface area contributed by atoms with Crippen LogP contribution in [0.25, 0.3) is 0 Å². The summed E-state index contributed by atoms with van der Waals surface area (Å²) in [7, 11) is 1.57. The highest BCUT2D eigenvalue weighted by molar-refractivity contribution is 6.05. The lowest BCUT2D eigenvalue weighted by Crippen LogP contribution is -2.26. The molecule has 0 aliphatic carbocycles. The van der Waals surface area contributed by atoms with Gasteiger partial charge in [0.05, 0.1) is 6.61 Å². The monoisotopic (exact) mass is 390 g/mol. The minimum Gasteiger partial charge on any atom is -0.457 e. The average molecular weight is 390 g/mol. The van der Waals surface area contributed by atoms with E-state index in [0.717, 1.165) is 5.75 Å². The Kier molecular flexibility index (Phi) is 6.97. The molecule has 2 N–H and O–H groups in total. The van der Waals surface area contributed by atoms with Crippen LogP contribution in [0.15, 0.2) is 78.9 Å². The van der Waals surface area contributed by atoms with Gasteiger partial charge in [0.25, 0.3) is 11.8 Å². The molecule has 2 amide bonds. The molecule has 148 valence electrons. The van der Waals surface area contributed by atoms with Gasteiger partial charge in [0.2, 0.25) is 0 Å². The van der Waals surface area contributed by atoms with Crippen molar-refractivity contribution in [3.8, 4) is 11.5 Å². The van der Waals surface area contributed by atoms with Crippen LogP contribution in [-0.2, 0) is 4.74 Å². The molecule has 6 nitrogen and oxygen atoms in total. The highest BCUT2D eigenvalue weighted by Gasteiger charge is 2.09. The molecule has 0 aromatic heterocycles. The van der Waals surface area contributed by atoms with E-state index in [0.29, 0.717) is 35.7 Å². The second-order valence-corrected chi connectivity index (χ2v) is 6.22. The van der Waals surface area contributed by atoms with Gasteiger partial charge in [-0.25, -0.2) is 0 Å². The Labute approximate surface area is 169 Å². The van der Waals surface area contributed by atoms with Crippen molar-refractivity contribution in [1.82, 2.24) is 5.32 Å². The number of nitrogens with one attached hydrogen (secondary N) is 2. The molecule has 0 aliphatic heterocycles. The Morgan fingerprint density at radius 1 is 0.759 bits per heavy atom. The van der Waals surface area contributed by atoms with Crippen LogP contribution in [-0.4, -0.2) is 32.1 Å². The molecule has 3 aromatic carbocycles. The molecule has 0 unspecified atom stereocenters. The van der Waals surface area contributed by atoms with Crippen LogP contribution >= 0.6 is 0 Å². The lowest BCUT2D eigenvalue weighted by Gasteiger charge is -2.09. The van der Waals surface area contributed by atoms with E-state index >= 15 is 0 Å². The number of ether oxygens (including phenoxy) is 2. The fourth-order valence-electron chi connectivity index (χ4n) is 2.58. The molecule has 0 radical (unpaired) electrons. The van der Waals surface area contributed by atoms with Crippen molar-refractivity contribution in [2.45, 2.75) is 0 Å². The van der Waals surface area contributed by atoms with Crippen molar-refractivity contribution < 1.29 is 19.1 Å². The van der Waals surface area contributed by atoms with Gasteiger partial charge in [-0.15, -0.1) is 0 Å². The molecule has 0 atom stereocenters. The van der Waals surface area contributed by atoms with Gasteiger partial charge in [-0.1, -0.05) is 18.2 Å². The molecule has 0 aliphatic rings. The highest BCUT2D eigenvalue weighted by Crippen LogP contribution is 2.22. The number of carbonyl (C=O) groups excluding carboxylic acids is 2. The number of anilines is 1. The minimum absolute atomic E-state index is 0.206. The van der Waals surface area contributed by atoms with Gasteiger partial charge in [-0.05, 0) is 60.7 Å². The van der Waals surface area contributed by atoms with E-state index in [1.165, 1.54) is 0 Å². The molecule has 6 heteroatoms. The molecule has 0 spiro atoms. The van der Waals surface area contributed by atoms with Gasteiger partial charge in [0, 0.05) is 30.5 Å². The van der Waals surface area contributed by atoms with Crippen molar-refractivity contribution in [3.63, 3.8) is 0 Å². The number of hydrogen-bond acceptors (Lipinski definition) is 4. The standard InChI is InChI=1S/C23H22N2O4/c1-28-16-15-24-22(26)17-7-9-18(10-8-17)23(27)25-19-11-13-21(14-12-19)29-20-5-3-2-4-6-20/h2-14H,15-16H2,1H3,(H,24,26)(H,25,27). The summed E-state index contributed by atoms with van der Waals surface area (Å²) >= 11 is 0. The van der Waals surface area contributed by atoms with Crippen LogP contribution in [0.3, 0.4) is 0 Å². The van der Waals surface area contributed by atoms with Crippen molar-refractivity contribution in [1.29, 1.82) is 0 Å². The van der Waals surface area contributed by atoms with Crippen molar-refractivity contribution in [3.05, 3.63) is 90.0 Å². The first kappa shape index (κ1) is 20.1. The quantitative estimate of drug-likeness (QED) is 0.568. The van der Waals surface area contributed by atoms with E-state index in [1.807, 2.05) is 30.3 Å². The Morgan fingerprint density at radius 2 is 1.34 bits per heavy atom. The number of hydrogen-bond donors (Lipinski definition) is 2. The molecule has 0 heterocycles.